The van der Waals surface area contributed by atoms with Gasteiger partial charge in [0, 0.05) is 41.3 Å². The molecule has 2 bridgehead atoms. The normalized spacial score (nSPS) is 25.0. The van der Waals surface area contributed by atoms with Gasteiger partial charge < -0.3 is 15.4 Å². The molecule has 2 aliphatic rings. The minimum Gasteiger partial charge on any atom is -0.497 e. The molecule has 0 radical (unpaired) electrons. The Morgan fingerprint density at radius 2 is 2.04 bits per heavy atom. The van der Waals surface area contributed by atoms with Crippen LogP contribution >= 0.6 is 11.3 Å². The molecule has 1 aromatic carbocycles. The van der Waals surface area contributed by atoms with Crippen molar-refractivity contribution < 1.29 is 9.53 Å². The van der Waals surface area contributed by atoms with Crippen molar-refractivity contribution in [2.45, 2.75) is 50.4 Å². The summed E-state index contributed by atoms with van der Waals surface area (Å²) in [6, 6.07) is 13.1. The first kappa shape index (κ1) is 17.4. The van der Waals surface area contributed by atoms with E-state index in [4.69, 9.17) is 4.74 Å². The van der Waals surface area contributed by atoms with Crippen LogP contribution in [0.2, 0.25) is 0 Å². The highest BCUT2D eigenvalue weighted by molar-refractivity contribution is 7.09. The fourth-order valence-corrected chi connectivity index (χ4v) is 5.00. The minimum atomic E-state index is -0.130. The van der Waals surface area contributed by atoms with Crippen molar-refractivity contribution in [2.24, 2.45) is 0 Å². The van der Waals surface area contributed by atoms with Gasteiger partial charge in [0.05, 0.1) is 7.11 Å². The van der Waals surface area contributed by atoms with Crippen LogP contribution < -0.4 is 15.4 Å². The summed E-state index contributed by atoms with van der Waals surface area (Å²) in [5.41, 5.74) is 0.750. The summed E-state index contributed by atoms with van der Waals surface area (Å²) in [4.78, 5) is 16.5. The maximum Gasteiger partial charge on any atom is 0.319 e. The molecular formula is C20H25N3O2S. The number of piperidine rings is 1. The first-order valence-electron chi connectivity index (χ1n) is 9.21. The second kappa shape index (κ2) is 7.68. The van der Waals surface area contributed by atoms with E-state index in [-0.39, 0.29) is 12.1 Å². The second-order valence-corrected chi connectivity index (χ2v) is 8.17. The van der Waals surface area contributed by atoms with Gasteiger partial charge in [-0.25, -0.2) is 4.79 Å². The summed E-state index contributed by atoms with van der Waals surface area (Å²) in [5, 5.41) is 8.24. The Morgan fingerprint density at radius 1 is 1.23 bits per heavy atom. The van der Waals surface area contributed by atoms with Crippen LogP contribution in [0.25, 0.3) is 0 Å². The highest BCUT2D eigenvalue weighted by atomic mass is 32.1. The van der Waals surface area contributed by atoms with Crippen LogP contribution in [0.1, 0.15) is 30.6 Å². The predicted molar refractivity (Wildman–Crippen MR) is 105 cm³/mol. The number of benzene rings is 1. The number of thiophene rings is 1. The molecule has 138 valence electrons. The van der Waals surface area contributed by atoms with Crippen molar-refractivity contribution in [3.8, 4) is 5.75 Å². The van der Waals surface area contributed by atoms with Crippen molar-refractivity contribution in [3.05, 3.63) is 46.7 Å². The number of rotatable bonds is 5. The van der Waals surface area contributed by atoms with Crippen molar-refractivity contribution in [1.29, 1.82) is 0 Å². The van der Waals surface area contributed by atoms with Crippen LogP contribution in [0.4, 0.5) is 10.5 Å². The van der Waals surface area contributed by atoms with Gasteiger partial charge in [-0.1, -0.05) is 12.1 Å². The molecular weight excluding hydrogens is 346 g/mol. The summed E-state index contributed by atoms with van der Waals surface area (Å²) in [5.74, 6) is 0.739. The number of anilines is 1. The van der Waals surface area contributed by atoms with Crippen molar-refractivity contribution in [1.82, 2.24) is 10.2 Å². The zero-order valence-corrected chi connectivity index (χ0v) is 15.8. The van der Waals surface area contributed by atoms with Crippen LogP contribution in [0.15, 0.2) is 41.8 Å². The van der Waals surface area contributed by atoms with Crippen LogP contribution in [0.5, 0.6) is 5.75 Å². The van der Waals surface area contributed by atoms with Gasteiger partial charge in [-0.05, 0) is 49.3 Å². The van der Waals surface area contributed by atoms with Crippen LogP contribution in [-0.2, 0) is 6.54 Å². The summed E-state index contributed by atoms with van der Waals surface area (Å²) in [7, 11) is 1.62. The topological polar surface area (TPSA) is 53.6 Å². The molecule has 2 N–H and O–H groups in total. The van der Waals surface area contributed by atoms with E-state index in [1.165, 1.54) is 17.7 Å². The predicted octanol–water partition coefficient (Wildman–Crippen LogP) is 4.07. The fraction of sp³-hybridized carbons (Fsp3) is 0.450. The summed E-state index contributed by atoms with van der Waals surface area (Å²) in [6.45, 7) is 1.05. The SMILES string of the molecule is COc1cccc(NC(=O)NC2C[C@H]3CC[C@@H](C2)N3Cc2cccs2)c1. The molecule has 1 unspecified atom stereocenters. The van der Waals surface area contributed by atoms with E-state index in [0.717, 1.165) is 30.8 Å². The Bertz CT molecular complexity index is 735. The lowest BCUT2D eigenvalue weighted by molar-refractivity contribution is 0.113. The first-order valence-corrected chi connectivity index (χ1v) is 10.1. The molecule has 3 heterocycles. The van der Waals surface area contributed by atoms with Gasteiger partial charge in [0.2, 0.25) is 0 Å². The van der Waals surface area contributed by atoms with Crippen molar-refractivity contribution >= 4 is 23.1 Å². The molecule has 0 aliphatic carbocycles. The monoisotopic (exact) mass is 371 g/mol. The van der Waals surface area contributed by atoms with Gasteiger partial charge in [-0.15, -0.1) is 11.3 Å². The lowest BCUT2D eigenvalue weighted by Crippen LogP contribution is -2.50. The van der Waals surface area contributed by atoms with Gasteiger partial charge in [-0.2, -0.15) is 0 Å². The number of ether oxygens (including phenoxy) is 1. The Labute approximate surface area is 158 Å². The molecule has 6 heteroatoms. The largest absolute Gasteiger partial charge is 0.497 e. The number of hydrogen-bond donors (Lipinski definition) is 2. The molecule has 0 spiro atoms. The average Bonchev–Trinajstić information content (AvgIpc) is 3.22. The molecule has 2 aromatic rings. The lowest BCUT2D eigenvalue weighted by atomic mass is 9.97. The van der Waals surface area contributed by atoms with E-state index in [2.05, 4.69) is 33.0 Å². The van der Waals surface area contributed by atoms with Crippen LogP contribution in [0.3, 0.4) is 0 Å². The third kappa shape index (κ3) is 3.86. The van der Waals surface area contributed by atoms with Crippen LogP contribution in [-0.4, -0.2) is 36.2 Å². The van der Waals surface area contributed by atoms with Gasteiger partial charge in [-0.3, -0.25) is 4.90 Å². The number of carbonyl (C=O) groups is 1. The highest BCUT2D eigenvalue weighted by Gasteiger charge is 2.41. The molecule has 1 aromatic heterocycles. The molecule has 5 nitrogen and oxygen atoms in total. The third-order valence-electron chi connectivity index (χ3n) is 5.47. The molecule has 2 saturated heterocycles. The van der Waals surface area contributed by atoms with E-state index >= 15 is 0 Å². The molecule has 0 saturated carbocycles. The highest BCUT2D eigenvalue weighted by Crippen LogP contribution is 2.37. The Morgan fingerprint density at radius 3 is 2.73 bits per heavy atom. The number of urea groups is 1. The lowest BCUT2D eigenvalue weighted by Gasteiger charge is -2.39. The van der Waals surface area contributed by atoms with E-state index in [1.54, 1.807) is 7.11 Å². The van der Waals surface area contributed by atoms with Crippen molar-refractivity contribution in [2.75, 3.05) is 12.4 Å². The van der Waals surface area contributed by atoms with E-state index in [0.29, 0.717) is 12.1 Å². The zero-order valence-electron chi connectivity index (χ0n) is 15.0. The molecule has 4 rings (SSSR count). The fourth-order valence-electron chi connectivity index (χ4n) is 4.29. The quantitative estimate of drug-likeness (QED) is 0.833. The minimum absolute atomic E-state index is 0.130. The number of hydrogen-bond acceptors (Lipinski definition) is 4. The molecule has 2 amide bonds. The second-order valence-electron chi connectivity index (χ2n) is 7.14. The molecule has 2 aliphatic heterocycles. The van der Waals surface area contributed by atoms with Gasteiger partial charge in [0.15, 0.2) is 0 Å². The summed E-state index contributed by atoms with van der Waals surface area (Å²) < 4.78 is 5.20. The number of carbonyl (C=O) groups excluding carboxylic acids is 1. The standard InChI is InChI=1S/C20H25N3O2S/c1-25-18-5-2-4-14(12-18)21-20(24)22-15-10-16-7-8-17(11-15)23(16)13-19-6-3-9-26-19/h2-6,9,12,15-17H,7-8,10-11,13H2,1H3,(H2,21,22,24)/t15?,16-,17+. The van der Waals surface area contributed by atoms with Gasteiger partial charge >= 0.3 is 6.03 Å². The maximum atomic E-state index is 12.4. The zero-order chi connectivity index (χ0) is 17.9. The Balaban J connectivity index is 1.32. The Hall–Kier alpha value is -2.05. The van der Waals surface area contributed by atoms with Gasteiger partial charge in [0.25, 0.3) is 0 Å². The smallest absolute Gasteiger partial charge is 0.319 e. The average molecular weight is 372 g/mol. The first-order chi connectivity index (χ1) is 12.7. The summed E-state index contributed by atoms with van der Waals surface area (Å²) in [6.07, 6.45) is 4.55. The van der Waals surface area contributed by atoms with E-state index in [1.807, 2.05) is 35.6 Å². The number of nitrogens with one attached hydrogen (secondary N) is 2. The van der Waals surface area contributed by atoms with Crippen molar-refractivity contribution in [3.63, 3.8) is 0 Å². The number of fused-ring (bicyclic) bond motifs is 2. The molecule has 3 atom stereocenters. The molecule has 26 heavy (non-hydrogen) atoms. The maximum absolute atomic E-state index is 12.4. The third-order valence-corrected chi connectivity index (χ3v) is 6.33. The number of methoxy groups -OCH3 is 1. The number of amides is 2. The van der Waals surface area contributed by atoms with Gasteiger partial charge in [0.1, 0.15) is 5.75 Å². The number of nitrogens with zero attached hydrogens (tertiary/aromatic N) is 1. The molecule has 2 fully saturated rings. The van der Waals surface area contributed by atoms with Crippen LogP contribution in [0, 0.1) is 0 Å². The van der Waals surface area contributed by atoms with E-state index in [9.17, 15) is 4.79 Å². The summed E-state index contributed by atoms with van der Waals surface area (Å²) >= 11 is 1.83. The van der Waals surface area contributed by atoms with E-state index < -0.39 is 0 Å². The Kier molecular flexibility index (Phi) is 5.13.